The van der Waals surface area contributed by atoms with Gasteiger partial charge in [0.15, 0.2) is 0 Å². The van der Waals surface area contributed by atoms with Crippen molar-refractivity contribution in [1.82, 2.24) is 9.88 Å². The maximum absolute atomic E-state index is 13.2. The number of carboxylic acid groups (broad SMARTS) is 1. The number of ether oxygens (including phenoxy) is 1. The number of pyridine rings is 1. The first-order chi connectivity index (χ1) is 12.8. The van der Waals surface area contributed by atoms with Gasteiger partial charge in [-0.2, -0.15) is 13.2 Å². The molecule has 0 bridgehead atoms. The molecule has 1 fully saturated rings. The summed E-state index contributed by atoms with van der Waals surface area (Å²) in [6, 6.07) is 7.45. The van der Waals surface area contributed by atoms with Gasteiger partial charge < -0.3 is 14.7 Å². The molecular weight excluding hydrogens is 365 g/mol. The quantitative estimate of drug-likeness (QED) is 0.886. The standard InChI is InChI=1S/C18H15F3N2O4/c19-18(20,21)13-4-2-1-3-12(13)15-10-23(7-8-27-15)16(24)14-9-11(17(25)26)5-6-22-14/h1-6,9,15H,7-8,10H2,(H,25,26). The molecule has 1 saturated heterocycles. The van der Waals surface area contributed by atoms with Crippen molar-refractivity contribution in [2.24, 2.45) is 0 Å². The van der Waals surface area contributed by atoms with Crippen molar-refractivity contribution in [1.29, 1.82) is 0 Å². The summed E-state index contributed by atoms with van der Waals surface area (Å²) in [5.41, 5.74) is -1.04. The number of morpholine rings is 1. The fourth-order valence-electron chi connectivity index (χ4n) is 2.90. The Kier molecular flexibility index (Phi) is 5.13. The number of amides is 1. The van der Waals surface area contributed by atoms with Crippen LogP contribution in [-0.4, -0.2) is 46.6 Å². The summed E-state index contributed by atoms with van der Waals surface area (Å²) < 4.78 is 45.2. The summed E-state index contributed by atoms with van der Waals surface area (Å²) in [6.07, 6.45) is -4.28. The molecule has 0 spiro atoms. The van der Waals surface area contributed by atoms with Gasteiger partial charge in [-0.25, -0.2) is 4.79 Å². The molecule has 2 heterocycles. The van der Waals surface area contributed by atoms with E-state index in [9.17, 15) is 22.8 Å². The summed E-state index contributed by atoms with van der Waals surface area (Å²) in [6.45, 7) is 0.134. The fourth-order valence-corrected chi connectivity index (χ4v) is 2.90. The number of hydrogen-bond donors (Lipinski definition) is 1. The van der Waals surface area contributed by atoms with Crippen LogP contribution >= 0.6 is 0 Å². The molecule has 1 N–H and O–H groups in total. The van der Waals surface area contributed by atoms with Crippen molar-refractivity contribution in [3.05, 3.63) is 65.0 Å². The second-order valence-electron chi connectivity index (χ2n) is 5.93. The zero-order valence-corrected chi connectivity index (χ0v) is 13.9. The van der Waals surface area contributed by atoms with Gasteiger partial charge in [0.25, 0.3) is 5.91 Å². The van der Waals surface area contributed by atoms with E-state index in [4.69, 9.17) is 9.84 Å². The van der Waals surface area contributed by atoms with Crippen LogP contribution in [0.25, 0.3) is 0 Å². The van der Waals surface area contributed by atoms with Crippen LogP contribution in [0.1, 0.15) is 38.1 Å². The summed E-state index contributed by atoms with van der Waals surface area (Å²) in [5, 5.41) is 9.02. The summed E-state index contributed by atoms with van der Waals surface area (Å²) >= 11 is 0. The monoisotopic (exact) mass is 380 g/mol. The first-order valence-electron chi connectivity index (χ1n) is 8.03. The number of benzene rings is 1. The van der Waals surface area contributed by atoms with E-state index in [1.807, 2.05) is 0 Å². The zero-order valence-electron chi connectivity index (χ0n) is 13.9. The molecule has 27 heavy (non-hydrogen) atoms. The number of nitrogens with zero attached hydrogens (tertiary/aromatic N) is 2. The SMILES string of the molecule is O=C(O)c1ccnc(C(=O)N2CCOC(c3ccccc3C(F)(F)F)C2)c1. The van der Waals surface area contributed by atoms with Gasteiger partial charge in [0.2, 0.25) is 0 Å². The average Bonchev–Trinajstić information content (AvgIpc) is 2.67. The highest BCUT2D eigenvalue weighted by molar-refractivity contribution is 5.95. The minimum Gasteiger partial charge on any atom is -0.478 e. The lowest BCUT2D eigenvalue weighted by atomic mass is 10.0. The number of aromatic nitrogens is 1. The van der Waals surface area contributed by atoms with Gasteiger partial charge in [0, 0.05) is 12.7 Å². The van der Waals surface area contributed by atoms with Crippen molar-refractivity contribution >= 4 is 11.9 Å². The number of hydrogen-bond acceptors (Lipinski definition) is 4. The molecule has 0 aliphatic carbocycles. The lowest BCUT2D eigenvalue weighted by molar-refractivity contribution is -0.140. The number of carbonyl (C=O) groups excluding carboxylic acids is 1. The van der Waals surface area contributed by atoms with Crippen LogP contribution < -0.4 is 0 Å². The Bertz CT molecular complexity index is 870. The minimum atomic E-state index is -4.54. The lowest BCUT2D eigenvalue weighted by Gasteiger charge is -2.34. The van der Waals surface area contributed by atoms with Gasteiger partial charge >= 0.3 is 12.1 Å². The van der Waals surface area contributed by atoms with Crippen molar-refractivity contribution in [3.63, 3.8) is 0 Å². The Morgan fingerprint density at radius 2 is 1.96 bits per heavy atom. The number of carboxylic acids is 1. The van der Waals surface area contributed by atoms with E-state index in [2.05, 4.69) is 4.98 Å². The van der Waals surface area contributed by atoms with E-state index in [0.29, 0.717) is 0 Å². The summed E-state index contributed by atoms with van der Waals surface area (Å²) in [5.74, 6) is -1.76. The molecule has 142 valence electrons. The van der Waals surface area contributed by atoms with E-state index < -0.39 is 29.7 Å². The van der Waals surface area contributed by atoms with E-state index in [-0.39, 0.29) is 36.5 Å². The van der Waals surface area contributed by atoms with E-state index >= 15 is 0 Å². The molecule has 0 saturated carbocycles. The summed E-state index contributed by atoms with van der Waals surface area (Å²) in [4.78, 5) is 28.9. The predicted octanol–water partition coefficient (Wildman–Crippen LogP) is 3.01. The maximum atomic E-state index is 13.2. The zero-order chi connectivity index (χ0) is 19.6. The van der Waals surface area contributed by atoms with Gasteiger partial charge in [0.05, 0.1) is 24.3 Å². The third-order valence-corrected chi connectivity index (χ3v) is 4.19. The van der Waals surface area contributed by atoms with Gasteiger partial charge in [0.1, 0.15) is 11.8 Å². The molecule has 1 atom stereocenters. The van der Waals surface area contributed by atoms with E-state index in [1.54, 1.807) is 0 Å². The molecule has 1 unspecified atom stereocenters. The first-order valence-corrected chi connectivity index (χ1v) is 8.03. The summed E-state index contributed by atoms with van der Waals surface area (Å²) in [7, 11) is 0. The number of alkyl halides is 3. The molecular formula is C18H15F3N2O4. The molecule has 0 radical (unpaired) electrons. The molecule has 9 heteroatoms. The normalized spacial score (nSPS) is 17.6. The Morgan fingerprint density at radius 1 is 1.22 bits per heavy atom. The molecule has 2 aromatic rings. The van der Waals surface area contributed by atoms with Gasteiger partial charge in [-0.15, -0.1) is 0 Å². The molecule has 1 aliphatic heterocycles. The lowest BCUT2D eigenvalue weighted by Crippen LogP contribution is -2.43. The van der Waals surface area contributed by atoms with Crippen LogP contribution in [0, 0.1) is 0 Å². The van der Waals surface area contributed by atoms with Crippen LogP contribution in [0.3, 0.4) is 0 Å². The third-order valence-electron chi connectivity index (χ3n) is 4.19. The van der Waals surface area contributed by atoms with Crippen molar-refractivity contribution in [2.75, 3.05) is 19.7 Å². The molecule has 6 nitrogen and oxygen atoms in total. The van der Waals surface area contributed by atoms with Crippen molar-refractivity contribution in [2.45, 2.75) is 12.3 Å². The van der Waals surface area contributed by atoms with Crippen LogP contribution in [-0.2, 0) is 10.9 Å². The molecule has 3 rings (SSSR count). The van der Waals surface area contributed by atoms with Gasteiger partial charge in [-0.1, -0.05) is 18.2 Å². The average molecular weight is 380 g/mol. The molecule has 1 aromatic carbocycles. The van der Waals surface area contributed by atoms with E-state index in [1.165, 1.54) is 35.4 Å². The number of aromatic carboxylic acids is 1. The van der Waals surface area contributed by atoms with E-state index in [0.717, 1.165) is 12.1 Å². The van der Waals surface area contributed by atoms with Crippen molar-refractivity contribution in [3.8, 4) is 0 Å². The highest BCUT2D eigenvalue weighted by atomic mass is 19.4. The largest absolute Gasteiger partial charge is 0.478 e. The number of halogens is 3. The smallest absolute Gasteiger partial charge is 0.416 e. The van der Waals surface area contributed by atoms with Crippen LogP contribution in [0.2, 0.25) is 0 Å². The Morgan fingerprint density at radius 3 is 2.67 bits per heavy atom. The second kappa shape index (κ2) is 7.36. The highest BCUT2D eigenvalue weighted by Crippen LogP contribution is 2.36. The topological polar surface area (TPSA) is 79.7 Å². The number of carbonyl (C=O) groups is 2. The van der Waals surface area contributed by atoms with Crippen LogP contribution in [0.4, 0.5) is 13.2 Å². The third kappa shape index (κ3) is 4.08. The predicted molar refractivity (Wildman–Crippen MR) is 87.2 cm³/mol. The highest BCUT2D eigenvalue weighted by Gasteiger charge is 2.37. The molecule has 1 amide bonds. The first kappa shape index (κ1) is 18.8. The number of rotatable bonds is 3. The fraction of sp³-hybridized carbons (Fsp3) is 0.278. The van der Waals surface area contributed by atoms with Crippen LogP contribution in [0.5, 0.6) is 0 Å². The molecule has 1 aliphatic rings. The van der Waals surface area contributed by atoms with Gasteiger partial charge in [-0.3, -0.25) is 9.78 Å². The Balaban J connectivity index is 1.84. The Labute approximate surface area is 152 Å². The maximum Gasteiger partial charge on any atom is 0.416 e. The van der Waals surface area contributed by atoms with Crippen molar-refractivity contribution < 1.29 is 32.6 Å². The Hall–Kier alpha value is -2.94. The van der Waals surface area contributed by atoms with Gasteiger partial charge in [-0.05, 0) is 23.8 Å². The molecule has 1 aromatic heterocycles. The van der Waals surface area contributed by atoms with Crippen LogP contribution in [0.15, 0.2) is 42.6 Å². The minimum absolute atomic E-state index is 0.0465. The second-order valence-corrected chi connectivity index (χ2v) is 5.93.